The number of anilines is 2. The van der Waals surface area contributed by atoms with Gasteiger partial charge in [-0.2, -0.15) is 0 Å². The van der Waals surface area contributed by atoms with Crippen molar-refractivity contribution in [2.75, 3.05) is 23.7 Å². The summed E-state index contributed by atoms with van der Waals surface area (Å²) in [6.45, 7) is 10.7. The van der Waals surface area contributed by atoms with Gasteiger partial charge in [-0.1, -0.05) is 26.7 Å². The van der Waals surface area contributed by atoms with Gasteiger partial charge in [-0.3, -0.25) is 0 Å². The maximum absolute atomic E-state index is 6.05. The third-order valence-electron chi connectivity index (χ3n) is 3.35. The number of hydrogen-bond acceptors (Lipinski definition) is 3. The van der Waals surface area contributed by atoms with Gasteiger partial charge in [0.1, 0.15) is 0 Å². The Bertz CT molecular complexity index is 345. The molecule has 0 bridgehead atoms. The van der Waals surface area contributed by atoms with Crippen LogP contribution in [-0.4, -0.2) is 18.1 Å². The zero-order chi connectivity index (χ0) is 12.8. The average molecular weight is 235 g/mol. The fourth-order valence-electron chi connectivity index (χ4n) is 2.07. The summed E-state index contributed by atoms with van der Waals surface area (Å²) in [6.07, 6.45) is 4.30. The van der Waals surface area contributed by atoms with Gasteiger partial charge in [-0.05, 0) is 31.4 Å². The third-order valence-corrected chi connectivity index (χ3v) is 3.35. The molecule has 0 saturated carbocycles. The molecule has 0 aromatic carbocycles. The lowest BCUT2D eigenvalue weighted by atomic mass is 10.0. The van der Waals surface area contributed by atoms with E-state index in [0.29, 0.717) is 0 Å². The van der Waals surface area contributed by atoms with Gasteiger partial charge in [0, 0.05) is 19.3 Å². The molecule has 0 radical (unpaired) electrons. The summed E-state index contributed by atoms with van der Waals surface area (Å²) in [7, 11) is 0. The number of rotatable bonds is 6. The van der Waals surface area contributed by atoms with Crippen LogP contribution in [0, 0.1) is 12.8 Å². The van der Waals surface area contributed by atoms with Crippen LogP contribution >= 0.6 is 0 Å². The SMILES string of the molecule is CCC(CC)CN(CC)c1ncc(C)cc1N. The Morgan fingerprint density at radius 3 is 2.41 bits per heavy atom. The van der Waals surface area contributed by atoms with Crippen LogP contribution in [0.5, 0.6) is 0 Å². The second-order valence-electron chi connectivity index (χ2n) is 4.65. The molecule has 1 aromatic rings. The number of aryl methyl sites for hydroxylation is 1. The van der Waals surface area contributed by atoms with Gasteiger partial charge in [0.15, 0.2) is 5.82 Å². The number of nitrogen functional groups attached to an aromatic ring is 1. The van der Waals surface area contributed by atoms with Gasteiger partial charge in [0.05, 0.1) is 5.69 Å². The van der Waals surface area contributed by atoms with E-state index in [2.05, 4.69) is 30.7 Å². The van der Waals surface area contributed by atoms with Crippen molar-refractivity contribution in [2.24, 2.45) is 5.92 Å². The summed E-state index contributed by atoms with van der Waals surface area (Å²) >= 11 is 0. The van der Waals surface area contributed by atoms with Gasteiger partial charge in [-0.25, -0.2) is 4.98 Å². The van der Waals surface area contributed by atoms with E-state index in [4.69, 9.17) is 5.73 Å². The minimum atomic E-state index is 0.720. The zero-order valence-corrected chi connectivity index (χ0v) is 11.5. The largest absolute Gasteiger partial charge is 0.396 e. The molecule has 0 spiro atoms. The van der Waals surface area contributed by atoms with Gasteiger partial charge in [-0.15, -0.1) is 0 Å². The van der Waals surface area contributed by atoms with Crippen molar-refractivity contribution in [1.29, 1.82) is 0 Å². The van der Waals surface area contributed by atoms with E-state index in [1.807, 2.05) is 19.2 Å². The standard InChI is InChI=1S/C14H25N3/c1-5-12(6-2)10-17(7-3)14-13(15)8-11(4)9-16-14/h8-9,12H,5-7,10,15H2,1-4H3. The molecule has 0 fully saturated rings. The molecule has 0 aliphatic rings. The van der Waals surface area contributed by atoms with Crippen molar-refractivity contribution >= 4 is 11.5 Å². The lowest BCUT2D eigenvalue weighted by molar-refractivity contribution is 0.484. The fraction of sp³-hybridized carbons (Fsp3) is 0.643. The van der Waals surface area contributed by atoms with E-state index in [1.54, 1.807) is 0 Å². The van der Waals surface area contributed by atoms with E-state index in [1.165, 1.54) is 12.8 Å². The molecule has 0 atom stereocenters. The molecule has 0 unspecified atom stereocenters. The first-order chi connectivity index (χ1) is 8.12. The monoisotopic (exact) mass is 235 g/mol. The summed E-state index contributed by atoms with van der Waals surface area (Å²) in [5, 5.41) is 0. The summed E-state index contributed by atoms with van der Waals surface area (Å²) in [6, 6.07) is 2.00. The van der Waals surface area contributed by atoms with E-state index >= 15 is 0 Å². The number of nitrogens with two attached hydrogens (primary N) is 1. The molecule has 1 aromatic heterocycles. The summed E-state index contributed by atoms with van der Waals surface area (Å²) in [5.74, 6) is 1.66. The summed E-state index contributed by atoms with van der Waals surface area (Å²) < 4.78 is 0. The minimum absolute atomic E-state index is 0.720. The van der Waals surface area contributed by atoms with Crippen LogP contribution in [0.15, 0.2) is 12.3 Å². The van der Waals surface area contributed by atoms with Crippen LogP contribution in [0.3, 0.4) is 0 Å². The highest BCUT2D eigenvalue weighted by Crippen LogP contribution is 2.23. The molecular weight excluding hydrogens is 210 g/mol. The molecule has 96 valence electrons. The predicted octanol–water partition coefficient (Wildman–Crippen LogP) is 3.23. The van der Waals surface area contributed by atoms with Gasteiger partial charge < -0.3 is 10.6 Å². The molecule has 0 aliphatic carbocycles. The lowest BCUT2D eigenvalue weighted by Crippen LogP contribution is -2.30. The number of hydrogen-bond donors (Lipinski definition) is 1. The summed E-state index contributed by atoms with van der Waals surface area (Å²) in [5.41, 5.74) is 7.96. The van der Waals surface area contributed by atoms with Crippen LogP contribution in [0.25, 0.3) is 0 Å². The smallest absolute Gasteiger partial charge is 0.151 e. The second kappa shape index (κ2) is 6.48. The van der Waals surface area contributed by atoms with Crippen LogP contribution < -0.4 is 10.6 Å². The maximum atomic E-state index is 6.05. The molecule has 17 heavy (non-hydrogen) atoms. The van der Waals surface area contributed by atoms with E-state index in [-0.39, 0.29) is 0 Å². The zero-order valence-electron chi connectivity index (χ0n) is 11.5. The highest BCUT2D eigenvalue weighted by molar-refractivity contribution is 5.63. The first kappa shape index (κ1) is 13.8. The number of nitrogens with zero attached hydrogens (tertiary/aromatic N) is 2. The first-order valence-corrected chi connectivity index (χ1v) is 6.59. The minimum Gasteiger partial charge on any atom is -0.396 e. The van der Waals surface area contributed by atoms with Crippen molar-refractivity contribution in [1.82, 2.24) is 4.98 Å². The molecule has 2 N–H and O–H groups in total. The maximum Gasteiger partial charge on any atom is 0.151 e. The van der Waals surface area contributed by atoms with Crippen LogP contribution in [0.1, 0.15) is 39.2 Å². The Kier molecular flexibility index (Phi) is 5.26. The first-order valence-electron chi connectivity index (χ1n) is 6.59. The normalized spacial score (nSPS) is 10.9. The van der Waals surface area contributed by atoms with Crippen molar-refractivity contribution in [3.05, 3.63) is 17.8 Å². The molecule has 1 heterocycles. The van der Waals surface area contributed by atoms with E-state index in [9.17, 15) is 0 Å². The Balaban J connectivity index is 2.85. The summed E-state index contributed by atoms with van der Waals surface area (Å²) in [4.78, 5) is 6.76. The van der Waals surface area contributed by atoms with Crippen molar-refractivity contribution in [3.63, 3.8) is 0 Å². The molecule has 0 aliphatic heterocycles. The van der Waals surface area contributed by atoms with Gasteiger partial charge in [0.2, 0.25) is 0 Å². The molecule has 3 nitrogen and oxygen atoms in total. The molecule has 1 rings (SSSR count). The van der Waals surface area contributed by atoms with Crippen molar-refractivity contribution in [2.45, 2.75) is 40.5 Å². The van der Waals surface area contributed by atoms with Crippen LogP contribution in [0.2, 0.25) is 0 Å². The van der Waals surface area contributed by atoms with E-state index in [0.717, 1.165) is 36.1 Å². The topological polar surface area (TPSA) is 42.2 Å². The van der Waals surface area contributed by atoms with Crippen LogP contribution in [-0.2, 0) is 0 Å². The Hall–Kier alpha value is -1.25. The number of aromatic nitrogens is 1. The second-order valence-corrected chi connectivity index (χ2v) is 4.65. The fourth-order valence-corrected chi connectivity index (χ4v) is 2.07. The third kappa shape index (κ3) is 3.62. The van der Waals surface area contributed by atoms with Crippen molar-refractivity contribution < 1.29 is 0 Å². The molecule has 3 heteroatoms. The molecule has 0 amide bonds. The average Bonchev–Trinajstić information content (AvgIpc) is 2.32. The lowest BCUT2D eigenvalue weighted by Gasteiger charge is -2.27. The Morgan fingerprint density at radius 2 is 1.94 bits per heavy atom. The predicted molar refractivity (Wildman–Crippen MR) is 75.3 cm³/mol. The number of pyridine rings is 1. The molecular formula is C14H25N3. The highest BCUT2D eigenvalue weighted by Gasteiger charge is 2.14. The Morgan fingerprint density at radius 1 is 1.29 bits per heavy atom. The quantitative estimate of drug-likeness (QED) is 0.823. The van der Waals surface area contributed by atoms with Gasteiger partial charge in [0.25, 0.3) is 0 Å². The van der Waals surface area contributed by atoms with Gasteiger partial charge >= 0.3 is 0 Å². The van der Waals surface area contributed by atoms with Crippen LogP contribution in [0.4, 0.5) is 11.5 Å². The van der Waals surface area contributed by atoms with E-state index < -0.39 is 0 Å². The highest BCUT2D eigenvalue weighted by atomic mass is 15.2. The Labute approximate surface area is 105 Å². The molecule has 0 saturated heterocycles. The van der Waals surface area contributed by atoms with Crippen molar-refractivity contribution in [3.8, 4) is 0 Å².